The number of fused-ring (bicyclic) bond motifs is 2. The molecule has 1 N–H and O–H groups in total. The molecular formula is C14H12FNO3. The van der Waals surface area contributed by atoms with Crippen LogP contribution in [0, 0.1) is 11.7 Å². The van der Waals surface area contributed by atoms with E-state index in [0.29, 0.717) is 12.1 Å². The maximum atomic E-state index is 13.6. The van der Waals surface area contributed by atoms with Crippen molar-refractivity contribution in [3.8, 4) is 0 Å². The lowest BCUT2D eigenvalue weighted by molar-refractivity contribution is -0.131. The van der Waals surface area contributed by atoms with E-state index in [1.807, 2.05) is 12.2 Å². The van der Waals surface area contributed by atoms with E-state index in [2.05, 4.69) is 0 Å². The van der Waals surface area contributed by atoms with Crippen molar-refractivity contribution in [2.24, 2.45) is 5.92 Å². The number of rotatable bonds is 3. The summed E-state index contributed by atoms with van der Waals surface area (Å²) in [4.78, 5) is 24.3. The van der Waals surface area contributed by atoms with Gasteiger partial charge in [0.15, 0.2) is 0 Å². The van der Waals surface area contributed by atoms with Gasteiger partial charge in [0.05, 0.1) is 17.5 Å². The largest absolute Gasteiger partial charge is 0.478 e. The van der Waals surface area contributed by atoms with Crippen molar-refractivity contribution >= 4 is 11.9 Å². The van der Waals surface area contributed by atoms with Gasteiger partial charge in [-0.05, 0) is 24.1 Å². The van der Waals surface area contributed by atoms with Crippen LogP contribution < -0.4 is 0 Å². The van der Waals surface area contributed by atoms with E-state index in [1.165, 1.54) is 12.1 Å². The van der Waals surface area contributed by atoms with Gasteiger partial charge in [-0.1, -0.05) is 18.2 Å². The molecule has 0 aromatic heterocycles. The Labute approximate surface area is 109 Å². The van der Waals surface area contributed by atoms with Crippen molar-refractivity contribution in [3.63, 3.8) is 0 Å². The lowest BCUT2D eigenvalue weighted by Gasteiger charge is -2.24. The van der Waals surface area contributed by atoms with E-state index < -0.39 is 11.8 Å². The van der Waals surface area contributed by atoms with Crippen LogP contribution in [0.25, 0.3) is 0 Å². The molecule has 1 fully saturated rings. The summed E-state index contributed by atoms with van der Waals surface area (Å²) in [5.74, 6) is -2.02. The first kappa shape index (κ1) is 11.9. The Morgan fingerprint density at radius 1 is 1.42 bits per heavy atom. The van der Waals surface area contributed by atoms with Crippen LogP contribution in [0.4, 0.5) is 4.39 Å². The van der Waals surface area contributed by atoms with E-state index in [-0.39, 0.29) is 23.4 Å². The smallest absolute Gasteiger partial charge is 0.338 e. The van der Waals surface area contributed by atoms with E-state index in [4.69, 9.17) is 5.11 Å². The maximum Gasteiger partial charge on any atom is 0.338 e. The number of halogens is 1. The first-order valence-corrected chi connectivity index (χ1v) is 6.07. The molecule has 0 saturated carbocycles. The molecule has 19 heavy (non-hydrogen) atoms. The molecule has 0 radical (unpaired) electrons. The third kappa shape index (κ3) is 1.91. The summed E-state index contributed by atoms with van der Waals surface area (Å²) in [5, 5.41) is 8.76. The molecule has 5 heteroatoms. The Morgan fingerprint density at radius 2 is 2.21 bits per heavy atom. The fourth-order valence-corrected chi connectivity index (χ4v) is 2.69. The number of carboxylic acids is 1. The number of carboxylic acid groups (broad SMARTS) is 1. The maximum absolute atomic E-state index is 13.6. The number of aromatic carboxylic acids is 1. The standard InChI is InChI=1S/C14H12FNO3/c15-12-5-8(1-4-11(12)14(18)19)7-16-10-3-2-9(6-10)13(16)17/h1-5,9-10H,6-7H2,(H,18,19). The number of likely N-dealkylation sites (tertiary alicyclic amines) is 1. The monoisotopic (exact) mass is 261 g/mol. The number of hydrogen-bond donors (Lipinski definition) is 1. The van der Waals surface area contributed by atoms with Gasteiger partial charge in [-0.25, -0.2) is 9.18 Å². The molecule has 1 heterocycles. The number of nitrogens with zero attached hydrogens (tertiary/aromatic N) is 1. The Morgan fingerprint density at radius 3 is 2.79 bits per heavy atom. The van der Waals surface area contributed by atoms with Crippen LogP contribution in [0.15, 0.2) is 30.4 Å². The predicted octanol–water partition coefficient (Wildman–Crippen LogP) is 1.81. The molecule has 1 amide bonds. The average Bonchev–Trinajstić information content (AvgIpc) is 2.92. The van der Waals surface area contributed by atoms with Crippen LogP contribution in [0.5, 0.6) is 0 Å². The van der Waals surface area contributed by atoms with Crippen molar-refractivity contribution in [2.75, 3.05) is 0 Å². The number of carbonyl (C=O) groups excluding carboxylic acids is 1. The van der Waals surface area contributed by atoms with Gasteiger partial charge >= 0.3 is 5.97 Å². The van der Waals surface area contributed by atoms with Gasteiger partial charge in [0.1, 0.15) is 5.82 Å². The van der Waals surface area contributed by atoms with E-state index in [1.54, 1.807) is 11.0 Å². The molecule has 2 atom stereocenters. The van der Waals surface area contributed by atoms with Crippen LogP contribution in [-0.4, -0.2) is 27.9 Å². The van der Waals surface area contributed by atoms with Gasteiger partial charge in [-0.3, -0.25) is 4.79 Å². The van der Waals surface area contributed by atoms with Crippen LogP contribution in [-0.2, 0) is 11.3 Å². The highest BCUT2D eigenvalue weighted by Gasteiger charge is 2.40. The SMILES string of the molecule is O=C(O)c1ccc(CN2C(=O)C3C=CC2C3)cc1F. The predicted molar refractivity (Wildman–Crippen MR) is 64.9 cm³/mol. The average molecular weight is 261 g/mol. The number of hydrogen-bond acceptors (Lipinski definition) is 2. The highest BCUT2D eigenvalue weighted by Crippen LogP contribution is 2.33. The van der Waals surface area contributed by atoms with Crippen molar-refractivity contribution in [1.29, 1.82) is 0 Å². The van der Waals surface area contributed by atoms with Gasteiger partial charge in [-0.15, -0.1) is 0 Å². The molecule has 2 unspecified atom stereocenters. The molecule has 1 saturated heterocycles. The van der Waals surface area contributed by atoms with Crippen LogP contribution in [0.3, 0.4) is 0 Å². The van der Waals surface area contributed by atoms with E-state index >= 15 is 0 Å². The highest BCUT2D eigenvalue weighted by atomic mass is 19.1. The second-order valence-electron chi connectivity index (χ2n) is 4.88. The molecule has 4 nitrogen and oxygen atoms in total. The molecule has 1 aliphatic heterocycles. The van der Waals surface area contributed by atoms with Crippen molar-refractivity contribution < 1.29 is 19.1 Å². The zero-order chi connectivity index (χ0) is 13.6. The van der Waals surface area contributed by atoms with E-state index in [0.717, 1.165) is 6.42 Å². The van der Waals surface area contributed by atoms with Gasteiger partial charge in [-0.2, -0.15) is 0 Å². The fourth-order valence-electron chi connectivity index (χ4n) is 2.69. The zero-order valence-electron chi connectivity index (χ0n) is 10.0. The normalized spacial score (nSPS) is 24.3. The minimum Gasteiger partial charge on any atom is -0.478 e. The molecule has 98 valence electrons. The molecule has 1 aromatic carbocycles. The molecular weight excluding hydrogens is 249 g/mol. The summed E-state index contributed by atoms with van der Waals surface area (Å²) in [7, 11) is 0. The topological polar surface area (TPSA) is 57.6 Å². The minimum atomic E-state index is -1.29. The third-order valence-corrected chi connectivity index (χ3v) is 3.68. The van der Waals surface area contributed by atoms with E-state index in [9.17, 15) is 14.0 Å². The van der Waals surface area contributed by atoms with Crippen LogP contribution in [0.2, 0.25) is 0 Å². The Hall–Kier alpha value is -2.17. The van der Waals surface area contributed by atoms with Crippen LogP contribution >= 0.6 is 0 Å². The number of carbonyl (C=O) groups is 2. The Bertz CT molecular complexity index is 596. The minimum absolute atomic E-state index is 0.0341. The van der Waals surface area contributed by atoms with Crippen molar-refractivity contribution in [3.05, 3.63) is 47.3 Å². The van der Waals surface area contributed by atoms with Crippen LogP contribution in [0.1, 0.15) is 22.3 Å². The molecule has 1 aromatic rings. The third-order valence-electron chi connectivity index (χ3n) is 3.68. The molecule has 2 bridgehead atoms. The Kier molecular flexibility index (Phi) is 2.62. The van der Waals surface area contributed by atoms with Crippen molar-refractivity contribution in [2.45, 2.75) is 19.0 Å². The fraction of sp³-hybridized carbons (Fsp3) is 0.286. The first-order chi connectivity index (χ1) is 9.06. The van der Waals surface area contributed by atoms with Crippen molar-refractivity contribution in [1.82, 2.24) is 4.90 Å². The summed E-state index contributed by atoms with van der Waals surface area (Å²) in [6.07, 6.45) is 4.71. The van der Waals surface area contributed by atoms with Gasteiger partial charge in [0, 0.05) is 6.54 Å². The zero-order valence-corrected chi connectivity index (χ0v) is 10.0. The summed E-state index contributed by atoms with van der Waals surface area (Å²) >= 11 is 0. The first-order valence-electron chi connectivity index (χ1n) is 6.07. The quantitative estimate of drug-likeness (QED) is 0.844. The van der Waals surface area contributed by atoms with Gasteiger partial charge in [0.25, 0.3) is 0 Å². The number of amides is 1. The Balaban J connectivity index is 1.81. The molecule has 0 spiro atoms. The molecule has 2 aliphatic rings. The summed E-state index contributed by atoms with van der Waals surface area (Å²) in [6.45, 7) is 0.321. The highest BCUT2D eigenvalue weighted by molar-refractivity contribution is 5.88. The van der Waals surface area contributed by atoms with Gasteiger partial charge < -0.3 is 10.0 Å². The summed E-state index contributed by atoms with van der Waals surface area (Å²) in [6, 6.07) is 4.07. The second-order valence-corrected chi connectivity index (χ2v) is 4.88. The second kappa shape index (κ2) is 4.19. The molecule has 1 aliphatic carbocycles. The lowest BCUT2D eigenvalue weighted by atomic mass is 10.1. The summed E-state index contributed by atoms with van der Waals surface area (Å²) < 4.78 is 13.6. The summed E-state index contributed by atoms with van der Waals surface area (Å²) in [5.41, 5.74) is 0.259. The van der Waals surface area contributed by atoms with Gasteiger partial charge in [0.2, 0.25) is 5.91 Å². The number of benzene rings is 1. The molecule has 3 rings (SSSR count). The lowest BCUT2D eigenvalue weighted by Crippen LogP contribution is -2.34.